The van der Waals surface area contributed by atoms with E-state index < -0.39 is 6.04 Å². The summed E-state index contributed by atoms with van der Waals surface area (Å²) in [6, 6.07) is 20.1. The molecule has 0 unspecified atom stereocenters. The number of nitrogens with one attached hydrogen (secondary N) is 2. The second kappa shape index (κ2) is 11.2. The number of aromatic nitrogens is 3. The van der Waals surface area contributed by atoms with Gasteiger partial charge in [-0.1, -0.05) is 36.4 Å². The Morgan fingerprint density at radius 1 is 0.949 bits per heavy atom. The van der Waals surface area contributed by atoms with Gasteiger partial charge in [0.2, 0.25) is 5.95 Å². The van der Waals surface area contributed by atoms with Crippen LogP contribution in [0, 0.1) is 0 Å². The summed E-state index contributed by atoms with van der Waals surface area (Å²) in [4.78, 5) is 18.1. The van der Waals surface area contributed by atoms with E-state index in [0.717, 1.165) is 11.1 Å². The maximum atomic E-state index is 13.8. The molecule has 0 bridgehead atoms. The summed E-state index contributed by atoms with van der Waals surface area (Å²) in [6.45, 7) is 2.23. The molecule has 1 aliphatic rings. The molecular formula is C29H29N5O5. The third-order valence-corrected chi connectivity index (χ3v) is 6.44. The molecule has 10 heteroatoms. The second-order valence-corrected chi connectivity index (χ2v) is 8.80. The molecule has 200 valence electrons. The van der Waals surface area contributed by atoms with Crippen molar-refractivity contribution in [3.8, 4) is 23.0 Å². The van der Waals surface area contributed by atoms with Crippen molar-refractivity contribution < 1.29 is 23.7 Å². The molecule has 2 N–H and O–H groups in total. The molecule has 0 radical (unpaired) electrons. The normalized spacial score (nSPS) is 14.2. The van der Waals surface area contributed by atoms with Crippen molar-refractivity contribution in [1.29, 1.82) is 0 Å². The Morgan fingerprint density at radius 2 is 1.74 bits per heavy atom. The predicted octanol–water partition coefficient (Wildman–Crippen LogP) is 4.81. The lowest BCUT2D eigenvalue weighted by atomic mass is 9.94. The zero-order valence-electron chi connectivity index (χ0n) is 22.1. The minimum Gasteiger partial charge on any atom is -0.497 e. The average molecular weight is 528 g/mol. The van der Waals surface area contributed by atoms with E-state index >= 15 is 0 Å². The van der Waals surface area contributed by atoms with Crippen LogP contribution in [0.1, 0.15) is 24.1 Å². The standard InChI is InChI=1S/C29H29N5O5/c1-18-26(28(35)33-22-12-11-21(36-2)15-24(22)37-3)27(34-29(32-18)30-17-31-34)20-10-13-23(25(14-20)38-4)39-16-19-8-6-5-7-9-19/h5-15,17,27H,16H2,1-4H3,(H,33,35)(H,30,31,32)/t27-/m1/s1. The van der Waals surface area contributed by atoms with E-state index in [9.17, 15) is 4.79 Å². The second-order valence-electron chi connectivity index (χ2n) is 8.80. The van der Waals surface area contributed by atoms with Crippen molar-refractivity contribution in [3.05, 3.63) is 95.5 Å². The summed E-state index contributed by atoms with van der Waals surface area (Å²) in [5.41, 5.74) is 3.44. The van der Waals surface area contributed by atoms with Crippen LogP contribution < -0.4 is 29.6 Å². The van der Waals surface area contributed by atoms with E-state index in [1.807, 2.05) is 55.5 Å². The molecule has 39 heavy (non-hydrogen) atoms. The molecular weight excluding hydrogens is 498 g/mol. The molecule has 10 nitrogen and oxygen atoms in total. The van der Waals surface area contributed by atoms with Gasteiger partial charge in [0.15, 0.2) is 11.5 Å². The predicted molar refractivity (Wildman–Crippen MR) is 146 cm³/mol. The maximum Gasteiger partial charge on any atom is 0.255 e. The highest BCUT2D eigenvalue weighted by molar-refractivity contribution is 6.06. The quantitative estimate of drug-likeness (QED) is 0.319. The van der Waals surface area contributed by atoms with Gasteiger partial charge in [0.05, 0.1) is 32.6 Å². The molecule has 0 spiro atoms. The molecule has 4 aromatic rings. The molecule has 1 amide bonds. The fourth-order valence-electron chi connectivity index (χ4n) is 4.49. The number of nitrogens with zero attached hydrogens (tertiary/aromatic N) is 3. The maximum absolute atomic E-state index is 13.8. The van der Waals surface area contributed by atoms with E-state index in [1.165, 1.54) is 13.4 Å². The van der Waals surface area contributed by atoms with Gasteiger partial charge in [-0.25, -0.2) is 4.68 Å². The van der Waals surface area contributed by atoms with Crippen LogP contribution in [0.5, 0.6) is 23.0 Å². The van der Waals surface area contributed by atoms with E-state index in [0.29, 0.717) is 52.5 Å². The summed E-state index contributed by atoms with van der Waals surface area (Å²) < 4.78 is 24.1. The Morgan fingerprint density at radius 3 is 2.49 bits per heavy atom. The van der Waals surface area contributed by atoms with Crippen molar-refractivity contribution in [2.24, 2.45) is 0 Å². The van der Waals surface area contributed by atoms with Crippen LogP contribution in [-0.4, -0.2) is 42.0 Å². The van der Waals surface area contributed by atoms with Crippen molar-refractivity contribution >= 4 is 17.5 Å². The van der Waals surface area contributed by atoms with Gasteiger partial charge in [-0.05, 0) is 42.3 Å². The van der Waals surface area contributed by atoms with E-state index in [4.69, 9.17) is 18.9 Å². The topological polar surface area (TPSA) is 109 Å². The lowest BCUT2D eigenvalue weighted by Crippen LogP contribution is -2.31. The number of carbonyl (C=O) groups excluding carboxylic acids is 1. The number of fused-ring (bicyclic) bond motifs is 1. The fraction of sp³-hybridized carbons (Fsp3) is 0.207. The number of rotatable bonds is 9. The van der Waals surface area contributed by atoms with Crippen LogP contribution in [0.4, 0.5) is 11.6 Å². The lowest BCUT2D eigenvalue weighted by Gasteiger charge is -2.29. The third-order valence-electron chi connectivity index (χ3n) is 6.44. The molecule has 1 aromatic heterocycles. The molecule has 0 aliphatic carbocycles. The summed E-state index contributed by atoms with van der Waals surface area (Å²) >= 11 is 0. The van der Waals surface area contributed by atoms with Gasteiger partial charge >= 0.3 is 0 Å². The van der Waals surface area contributed by atoms with E-state index in [2.05, 4.69) is 20.7 Å². The Labute approximate surface area is 226 Å². The smallest absolute Gasteiger partial charge is 0.255 e. The zero-order valence-corrected chi connectivity index (χ0v) is 22.1. The first kappa shape index (κ1) is 25.7. The van der Waals surface area contributed by atoms with Gasteiger partial charge in [0.25, 0.3) is 5.91 Å². The Kier molecular flexibility index (Phi) is 7.35. The number of allylic oxidation sites excluding steroid dienone is 1. The molecule has 0 saturated heterocycles. The molecule has 0 fully saturated rings. The molecule has 1 aliphatic heterocycles. The van der Waals surface area contributed by atoms with Crippen LogP contribution in [0.15, 0.2) is 84.3 Å². The molecule has 1 atom stereocenters. The number of carbonyl (C=O) groups is 1. The minimum atomic E-state index is -0.579. The summed E-state index contributed by atoms with van der Waals surface area (Å²) in [6.07, 6.45) is 1.45. The van der Waals surface area contributed by atoms with Gasteiger partial charge < -0.3 is 29.6 Å². The Bertz CT molecular complexity index is 1520. The average Bonchev–Trinajstić information content (AvgIpc) is 3.44. The lowest BCUT2D eigenvalue weighted by molar-refractivity contribution is -0.113. The molecule has 2 heterocycles. The number of anilines is 2. The number of hydrogen-bond donors (Lipinski definition) is 2. The number of amides is 1. The van der Waals surface area contributed by atoms with Crippen molar-refractivity contribution in [2.45, 2.75) is 19.6 Å². The van der Waals surface area contributed by atoms with Crippen molar-refractivity contribution in [3.63, 3.8) is 0 Å². The van der Waals surface area contributed by atoms with Crippen LogP contribution in [0.25, 0.3) is 0 Å². The fourth-order valence-corrected chi connectivity index (χ4v) is 4.49. The Hall–Kier alpha value is -4.99. The summed E-state index contributed by atoms with van der Waals surface area (Å²) in [5.74, 6) is 2.43. The Balaban J connectivity index is 1.48. The molecule has 3 aromatic carbocycles. The first-order valence-electron chi connectivity index (χ1n) is 12.3. The molecule has 0 saturated carbocycles. The highest BCUT2D eigenvalue weighted by Crippen LogP contribution is 2.39. The number of methoxy groups -OCH3 is 3. The van der Waals surface area contributed by atoms with Crippen LogP contribution in [0.2, 0.25) is 0 Å². The minimum absolute atomic E-state index is 0.321. The van der Waals surface area contributed by atoms with Crippen LogP contribution in [-0.2, 0) is 11.4 Å². The number of hydrogen-bond acceptors (Lipinski definition) is 8. The van der Waals surface area contributed by atoms with Gasteiger partial charge in [0.1, 0.15) is 30.5 Å². The monoisotopic (exact) mass is 527 g/mol. The largest absolute Gasteiger partial charge is 0.497 e. The first-order valence-corrected chi connectivity index (χ1v) is 12.3. The van der Waals surface area contributed by atoms with Gasteiger partial charge in [0, 0.05) is 11.8 Å². The highest BCUT2D eigenvalue weighted by atomic mass is 16.5. The zero-order chi connectivity index (χ0) is 27.4. The van der Waals surface area contributed by atoms with Crippen molar-refractivity contribution in [2.75, 3.05) is 32.0 Å². The SMILES string of the molecule is COc1ccc(NC(=O)C2=C(C)Nc3ncnn3[C@@H]2c2ccc(OCc3ccccc3)c(OC)c2)c(OC)c1. The van der Waals surface area contributed by atoms with Gasteiger partial charge in [-0.15, -0.1) is 0 Å². The third kappa shape index (κ3) is 5.22. The molecule has 5 rings (SSSR count). The summed E-state index contributed by atoms with van der Waals surface area (Å²) in [7, 11) is 4.69. The number of ether oxygens (including phenoxy) is 4. The van der Waals surface area contributed by atoms with Crippen molar-refractivity contribution in [1.82, 2.24) is 14.8 Å². The highest BCUT2D eigenvalue weighted by Gasteiger charge is 2.34. The van der Waals surface area contributed by atoms with E-state index in [1.54, 1.807) is 37.1 Å². The first-order chi connectivity index (χ1) is 19.0. The van der Waals surface area contributed by atoms with E-state index in [-0.39, 0.29) is 5.91 Å². The van der Waals surface area contributed by atoms with Gasteiger partial charge in [-0.2, -0.15) is 10.1 Å². The summed E-state index contributed by atoms with van der Waals surface area (Å²) in [5, 5.41) is 10.6. The number of benzene rings is 3. The van der Waals surface area contributed by atoms with Gasteiger partial charge in [-0.3, -0.25) is 4.79 Å². The van der Waals surface area contributed by atoms with Crippen LogP contribution in [0.3, 0.4) is 0 Å². The van der Waals surface area contributed by atoms with Crippen LogP contribution >= 0.6 is 0 Å².